The molecule has 0 spiro atoms. The van der Waals surface area contributed by atoms with E-state index in [1.165, 1.54) is 13.8 Å². The zero-order valence-electron chi connectivity index (χ0n) is 39.5. The second-order valence-electron chi connectivity index (χ2n) is 22.8. The molecule has 18 nitrogen and oxygen atoms in total. The summed E-state index contributed by atoms with van der Waals surface area (Å²) in [6, 6.07) is 0. The molecule has 0 radical (unpaired) electrons. The number of aliphatic carboxylic acids is 2. The molecule has 3 heterocycles. The predicted molar refractivity (Wildman–Crippen MR) is 230 cm³/mol. The number of rotatable bonds is 9. The molecule has 0 aromatic heterocycles. The maximum absolute atomic E-state index is 14.0. The van der Waals surface area contributed by atoms with Crippen molar-refractivity contribution >= 4 is 11.9 Å². The van der Waals surface area contributed by atoms with Crippen molar-refractivity contribution in [3.05, 3.63) is 11.6 Å². The Hall–Kier alpha value is -1.88. The van der Waals surface area contributed by atoms with Crippen LogP contribution in [-0.2, 0) is 38.0 Å². The van der Waals surface area contributed by atoms with Crippen LogP contribution >= 0.6 is 0 Å². The second-order valence-corrected chi connectivity index (χ2v) is 22.8. The van der Waals surface area contributed by atoms with E-state index in [0.717, 1.165) is 12.0 Å². The lowest BCUT2D eigenvalue weighted by Gasteiger charge is -2.70. The van der Waals surface area contributed by atoms with Gasteiger partial charge in [0.1, 0.15) is 61.0 Å². The topological polar surface area (TPSA) is 292 Å². The number of hydrogen-bond donors (Lipinski definition) is 10. The minimum atomic E-state index is -1.82. The zero-order chi connectivity index (χ0) is 48.4. The SMILES string of the molecule is CC1OC(OC2C(C)OC(OC3C(O)C(CO)OC(O[C@@H]4CC[C@]5(C)C(CC[C@@]6(C)C5CC=C5C7[C@H](C)[C@@H](C)CC[C@@]7(C(=O)O)CC[C@@]56C(=O)O)C4(C)C)C3O)C(O)C2O)C(O)C(O)C1O. The molecule has 4 saturated carbocycles. The molecule has 3 aliphatic heterocycles. The number of allylic oxidation sites excluding steroid dienone is 1. The van der Waals surface area contributed by atoms with Gasteiger partial charge in [0.15, 0.2) is 18.9 Å². The summed E-state index contributed by atoms with van der Waals surface area (Å²) in [5.41, 5.74) is -2.91. The molecule has 7 fully saturated rings. The molecule has 18 unspecified atom stereocenters. The normalized spacial score (nSPS) is 54.7. The Kier molecular flexibility index (Phi) is 13.6. The molecule has 3 saturated heterocycles. The molecule has 0 aromatic rings. The number of aliphatic hydroxyl groups excluding tert-OH is 8. The van der Waals surface area contributed by atoms with E-state index >= 15 is 0 Å². The Morgan fingerprint density at radius 1 is 0.636 bits per heavy atom. The highest BCUT2D eigenvalue weighted by Gasteiger charge is 2.73. The highest BCUT2D eigenvalue weighted by Crippen LogP contribution is 2.76. The molecule has 25 atom stereocenters. The molecule has 8 rings (SSSR count). The van der Waals surface area contributed by atoms with E-state index in [4.69, 9.17) is 28.4 Å². The summed E-state index contributed by atoms with van der Waals surface area (Å²) >= 11 is 0. The van der Waals surface area contributed by atoms with Gasteiger partial charge in [0, 0.05) is 0 Å². The summed E-state index contributed by atoms with van der Waals surface area (Å²) in [5.74, 6) is -1.76. The Labute approximate surface area is 386 Å². The third-order valence-corrected chi connectivity index (χ3v) is 19.5. The molecule has 0 bridgehead atoms. The molecule has 0 amide bonds. The minimum absolute atomic E-state index is 0.0188. The third kappa shape index (κ3) is 7.40. The summed E-state index contributed by atoms with van der Waals surface area (Å²) in [5, 5.41) is 109. The lowest BCUT2D eigenvalue weighted by molar-refractivity contribution is -0.380. The third-order valence-electron chi connectivity index (χ3n) is 19.5. The monoisotopic (exact) mass is 941 g/mol. The van der Waals surface area contributed by atoms with E-state index in [0.29, 0.717) is 44.9 Å². The van der Waals surface area contributed by atoms with Crippen LogP contribution in [0.4, 0.5) is 0 Å². The maximum atomic E-state index is 14.0. The van der Waals surface area contributed by atoms with Crippen LogP contribution in [0.15, 0.2) is 11.6 Å². The molecule has 5 aliphatic carbocycles. The van der Waals surface area contributed by atoms with Gasteiger partial charge in [0.2, 0.25) is 0 Å². The van der Waals surface area contributed by atoms with Gasteiger partial charge in [0.25, 0.3) is 0 Å². The van der Waals surface area contributed by atoms with E-state index in [1.54, 1.807) is 0 Å². The van der Waals surface area contributed by atoms with E-state index in [1.807, 2.05) is 0 Å². The van der Waals surface area contributed by atoms with Crippen LogP contribution in [0.25, 0.3) is 0 Å². The van der Waals surface area contributed by atoms with Crippen molar-refractivity contribution in [2.45, 2.75) is 211 Å². The number of hydrogen-bond acceptors (Lipinski definition) is 16. The Morgan fingerprint density at radius 2 is 1.26 bits per heavy atom. The average molecular weight is 941 g/mol. The Bertz CT molecular complexity index is 1850. The van der Waals surface area contributed by atoms with Crippen LogP contribution in [0.3, 0.4) is 0 Å². The van der Waals surface area contributed by atoms with E-state index in [2.05, 4.69) is 47.6 Å². The molecule has 376 valence electrons. The van der Waals surface area contributed by atoms with Crippen molar-refractivity contribution < 1.29 is 89.1 Å². The number of fused-ring (bicyclic) bond motifs is 7. The van der Waals surface area contributed by atoms with Crippen molar-refractivity contribution in [3.8, 4) is 0 Å². The van der Waals surface area contributed by atoms with Crippen LogP contribution in [0.5, 0.6) is 0 Å². The lowest BCUT2D eigenvalue weighted by Crippen LogP contribution is -2.68. The fourth-order valence-corrected chi connectivity index (χ4v) is 15.4. The molecule has 66 heavy (non-hydrogen) atoms. The standard InChI is InChI=1S/C48H76O18/c1-20-11-16-47(42(57)58)17-18-48(43(59)60)24(29(47)21(20)2)9-10-27-45(7)14-13-28(44(5,6)26(45)12-15-46(27,48)8)64-41-36(56)38(31(51)25(19-49)63-41)66-40-35(55)33(53)37(23(4)62-40)65-39-34(54)32(52)30(50)22(3)61-39/h9,20-23,25-41,49-56H,10-19H2,1-8H3,(H,57,58)(H,59,60)/t20-,21+,22?,23?,25?,26?,27?,28+,29?,30?,31?,32?,33?,34?,35?,36?,37?,38?,39?,40?,41?,45+,46-,47+,48-/m0/s1. The number of carbonyl (C=O) groups is 2. The molecular formula is C48H76O18. The second kappa shape index (κ2) is 17.8. The van der Waals surface area contributed by atoms with Crippen molar-refractivity contribution in [3.63, 3.8) is 0 Å². The molecule has 8 aliphatic rings. The fraction of sp³-hybridized carbons (Fsp3) is 0.917. The van der Waals surface area contributed by atoms with Crippen molar-refractivity contribution in [2.75, 3.05) is 6.61 Å². The Morgan fingerprint density at radius 3 is 1.89 bits per heavy atom. The summed E-state index contributed by atoms with van der Waals surface area (Å²) in [4.78, 5) is 27.2. The first-order valence-corrected chi connectivity index (χ1v) is 24.3. The van der Waals surface area contributed by atoms with Gasteiger partial charge in [-0.05, 0) is 117 Å². The van der Waals surface area contributed by atoms with Crippen LogP contribution in [0, 0.1) is 56.7 Å². The summed E-state index contributed by atoms with van der Waals surface area (Å²) in [7, 11) is 0. The van der Waals surface area contributed by atoms with E-state index in [-0.39, 0.29) is 41.4 Å². The average Bonchev–Trinajstić information content (AvgIpc) is 3.26. The first-order chi connectivity index (χ1) is 30.8. The number of ether oxygens (including phenoxy) is 6. The van der Waals surface area contributed by atoms with Crippen LogP contribution in [0.1, 0.15) is 113 Å². The van der Waals surface area contributed by atoms with Crippen molar-refractivity contribution in [1.29, 1.82) is 0 Å². The summed E-state index contributed by atoms with van der Waals surface area (Å²) in [6.07, 6.45) is -15.5. The minimum Gasteiger partial charge on any atom is -0.481 e. The van der Waals surface area contributed by atoms with Gasteiger partial charge in [-0.25, -0.2) is 0 Å². The molecule has 0 aromatic carbocycles. The van der Waals surface area contributed by atoms with Gasteiger partial charge in [0.05, 0.1) is 35.7 Å². The van der Waals surface area contributed by atoms with Crippen molar-refractivity contribution in [1.82, 2.24) is 0 Å². The van der Waals surface area contributed by atoms with Gasteiger partial charge in [-0.3, -0.25) is 9.59 Å². The van der Waals surface area contributed by atoms with E-state index in [9.17, 15) is 60.7 Å². The number of carboxylic acid groups (broad SMARTS) is 2. The van der Waals surface area contributed by atoms with Gasteiger partial charge in [-0.2, -0.15) is 0 Å². The molecular weight excluding hydrogens is 865 g/mol. The van der Waals surface area contributed by atoms with Crippen LogP contribution in [-0.4, -0.2) is 168 Å². The quantitative estimate of drug-likeness (QED) is 0.116. The number of aliphatic hydroxyl groups is 8. The summed E-state index contributed by atoms with van der Waals surface area (Å²) in [6.45, 7) is 15.2. The summed E-state index contributed by atoms with van der Waals surface area (Å²) < 4.78 is 35.9. The predicted octanol–water partition coefficient (Wildman–Crippen LogP) is 1.68. The maximum Gasteiger partial charge on any atom is 0.314 e. The smallest absolute Gasteiger partial charge is 0.314 e. The van der Waals surface area contributed by atoms with Crippen molar-refractivity contribution in [2.24, 2.45) is 56.7 Å². The first kappa shape index (κ1) is 50.5. The lowest BCUT2D eigenvalue weighted by atomic mass is 9.33. The van der Waals surface area contributed by atoms with Gasteiger partial charge in [-0.1, -0.05) is 53.2 Å². The first-order valence-electron chi connectivity index (χ1n) is 24.3. The molecule has 10 N–H and O–H groups in total. The van der Waals surface area contributed by atoms with Gasteiger partial charge in [-0.15, -0.1) is 0 Å². The van der Waals surface area contributed by atoms with Crippen LogP contribution < -0.4 is 0 Å². The largest absolute Gasteiger partial charge is 0.481 e. The number of carboxylic acids is 2. The van der Waals surface area contributed by atoms with Gasteiger partial charge >= 0.3 is 11.9 Å². The zero-order valence-corrected chi connectivity index (χ0v) is 39.5. The molecule has 18 heteroatoms. The fourth-order valence-electron chi connectivity index (χ4n) is 15.4. The highest BCUT2D eigenvalue weighted by atomic mass is 16.8. The highest BCUT2D eigenvalue weighted by molar-refractivity contribution is 5.84. The van der Waals surface area contributed by atoms with Gasteiger partial charge < -0.3 is 79.5 Å². The van der Waals surface area contributed by atoms with E-state index < -0.39 is 138 Å². The van der Waals surface area contributed by atoms with Crippen LogP contribution in [0.2, 0.25) is 0 Å². The Balaban J connectivity index is 0.992.